The summed E-state index contributed by atoms with van der Waals surface area (Å²) in [5, 5.41) is 6.48. The van der Waals surface area contributed by atoms with Crippen molar-refractivity contribution in [2.75, 3.05) is 18.5 Å². The van der Waals surface area contributed by atoms with Crippen LogP contribution >= 0.6 is 0 Å². The largest absolute Gasteiger partial charge is 0.490 e. The third-order valence-corrected chi connectivity index (χ3v) is 6.22. The predicted octanol–water partition coefficient (Wildman–Crippen LogP) is 7.18. The van der Waals surface area contributed by atoms with Gasteiger partial charge < -0.3 is 19.5 Å². The van der Waals surface area contributed by atoms with E-state index in [1.165, 1.54) is 12.1 Å². The summed E-state index contributed by atoms with van der Waals surface area (Å²) in [5.41, 5.74) is -0.100. The summed E-state index contributed by atoms with van der Waals surface area (Å²) in [5.74, 6) is 0.545. The molecule has 0 aliphatic carbocycles. The van der Waals surface area contributed by atoms with Crippen LogP contribution < -0.4 is 19.5 Å². The molecule has 1 amide bonds. The zero-order valence-electron chi connectivity index (χ0n) is 23.1. The molecule has 3 aromatic carbocycles. The second-order valence-corrected chi connectivity index (χ2v) is 9.25. The van der Waals surface area contributed by atoms with Gasteiger partial charge in [0.2, 0.25) is 0 Å². The van der Waals surface area contributed by atoms with Gasteiger partial charge in [0.15, 0.2) is 28.5 Å². The molecule has 5 aromatic rings. The van der Waals surface area contributed by atoms with E-state index in [-0.39, 0.29) is 29.2 Å². The molecule has 0 aliphatic heterocycles. The van der Waals surface area contributed by atoms with Crippen LogP contribution in [0.15, 0.2) is 78.9 Å². The quantitative estimate of drug-likeness (QED) is 0.172. The fourth-order valence-electron chi connectivity index (χ4n) is 4.24. The van der Waals surface area contributed by atoms with Gasteiger partial charge in [-0.3, -0.25) is 4.79 Å². The van der Waals surface area contributed by atoms with Crippen LogP contribution in [-0.2, 0) is 12.8 Å². The Labute approximate surface area is 243 Å². The van der Waals surface area contributed by atoms with E-state index in [1.807, 2.05) is 32.0 Å². The van der Waals surface area contributed by atoms with Crippen LogP contribution in [0.2, 0.25) is 0 Å². The van der Waals surface area contributed by atoms with Gasteiger partial charge in [-0.25, -0.2) is 13.9 Å². The van der Waals surface area contributed by atoms with E-state index in [1.54, 1.807) is 24.3 Å². The summed E-state index contributed by atoms with van der Waals surface area (Å²) in [7, 11) is 0. The molecular weight excluding hydrogens is 568 g/mol. The van der Waals surface area contributed by atoms with Crippen molar-refractivity contribution in [2.45, 2.75) is 26.6 Å². The van der Waals surface area contributed by atoms with Crippen molar-refractivity contribution >= 4 is 17.2 Å². The first-order valence-corrected chi connectivity index (χ1v) is 13.3. The summed E-state index contributed by atoms with van der Waals surface area (Å²) >= 11 is 0. The molecule has 0 unspecified atom stereocenters. The van der Waals surface area contributed by atoms with E-state index in [9.17, 15) is 22.4 Å². The van der Waals surface area contributed by atoms with Gasteiger partial charge in [-0.15, -0.1) is 0 Å². The fourth-order valence-corrected chi connectivity index (χ4v) is 4.24. The standard InChI is InChI=1S/C31H26F4N4O4/c1-3-41-26-14-5-19(15-27(26)42-4-2)18-43-23-12-10-22(11-13-23)36-30(40)25-17-29-37-24(20-6-8-21(32)9-7-20)16-28(31(33,34)35)39(29)38-25/h5-17H,3-4,18H2,1-2H3,(H,36,40). The molecule has 1 N–H and O–H groups in total. The lowest BCUT2D eigenvalue weighted by Crippen LogP contribution is -2.15. The summed E-state index contributed by atoms with van der Waals surface area (Å²) < 4.78 is 72.6. The minimum absolute atomic E-state index is 0.0402. The van der Waals surface area contributed by atoms with E-state index in [0.717, 1.165) is 29.8 Å². The smallest absolute Gasteiger partial charge is 0.433 e. The van der Waals surface area contributed by atoms with E-state index in [0.29, 0.717) is 40.7 Å². The van der Waals surface area contributed by atoms with Gasteiger partial charge >= 0.3 is 6.18 Å². The topological polar surface area (TPSA) is 87.0 Å². The molecule has 2 heterocycles. The second-order valence-electron chi connectivity index (χ2n) is 9.25. The molecule has 8 nitrogen and oxygen atoms in total. The number of benzene rings is 3. The minimum Gasteiger partial charge on any atom is -0.490 e. The Kier molecular flexibility index (Phi) is 8.46. The summed E-state index contributed by atoms with van der Waals surface area (Å²) in [6.07, 6.45) is -4.79. The third kappa shape index (κ3) is 6.85. The number of aromatic nitrogens is 3. The molecule has 0 spiro atoms. The molecular formula is C31H26F4N4O4. The molecule has 0 aliphatic rings. The normalized spacial score (nSPS) is 11.4. The molecule has 0 saturated heterocycles. The number of anilines is 1. The first kappa shape index (κ1) is 29.4. The van der Waals surface area contributed by atoms with Crippen molar-refractivity contribution in [3.05, 3.63) is 102 Å². The lowest BCUT2D eigenvalue weighted by atomic mass is 10.1. The van der Waals surface area contributed by atoms with Crippen molar-refractivity contribution in [3.63, 3.8) is 0 Å². The number of halogens is 4. The van der Waals surface area contributed by atoms with Crippen molar-refractivity contribution in [2.24, 2.45) is 0 Å². The third-order valence-electron chi connectivity index (χ3n) is 6.22. The number of nitrogens with zero attached hydrogens (tertiary/aromatic N) is 3. The maximum absolute atomic E-state index is 13.9. The molecule has 2 aromatic heterocycles. The van der Waals surface area contributed by atoms with Crippen LogP contribution in [0.25, 0.3) is 16.9 Å². The Morgan fingerprint density at radius 2 is 1.56 bits per heavy atom. The summed E-state index contributed by atoms with van der Waals surface area (Å²) in [4.78, 5) is 17.1. The Balaban J connectivity index is 1.29. The molecule has 0 saturated carbocycles. The number of hydrogen-bond acceptors (Lipinski definition) is 6. The number of rotatable bonds is 10. The van der Waals surface area contributed by atoms with Crippen LogP contribution in [0.1, 0.15) is 35.6 Å². The highest BCUT2D eigenvalue weighted by Crippen LogP contribution is 2.33. The molecule has 222 valence electrons. The average Bonchev–Trinajstić information content (AvgIpc) is 3.42. The summed E-state index contributed by atoms with van der Waals surface area (Å²) in [6.45, 7) is 5.04. The highest BCUT2D eigenvalue weighted by molar-refractivity contribution is 6.03. The highest BCUT2D eigenvalue weighted by atomic mass is 19.4. The van der Waals surface area contributed by atoms with Crippen LogP contribution in [-0.4, -0.2) is 33.7 Å². The fraction of sp³-hybridized carbons (Fsp3) is 0.194. The van der Waals surface area contributed by atoms with Gasteiger partial charge in [-0.1, -0.05) is 6.07 Å². The van der Waals surface area contributed by atoms with E-state index >= 15 is 0 Å². The van der Waals surface area contributed by atoms with Crippen LogP contribution in [0, 0.1) is 5.82 Å². The molecule has 12 heteroatoms. The Morgan fingerprint density at radius 1 is 0.860 bits per heavy atom. The Hall–Kier alpha value is -5.13. The summed E-state index contributed by atoms with van der Waals surface area (Å²) in [6, 6.07) is 18.9. The lowest BCUT2D eigenvalue weighted by Gasteiger charge is -2.13. The van der Waals surface area contributed by atoms with Crippen LogP contribution in [0.4, 0.5) is 23.2 Å². The molecule has 0 radical (unpaired) electrons. The number of fused-ring (bicyclic) bond motifs is 1. The predicted molar refractivity (Wildman–Crippen MR) is 151 cm³/mol. The van der Waals surface area contributed by atoms with Crippen molar-refractivity contribution < 1.29 is 36.6 Å². The lowest BCUT2D eigenvalue weighted by molar-refractivity contribution is -0.142. The van der Waals surface area contributed by atoms with Gasteiger partial charge in [0, 0.05) is 17.3 Å². The molecule has 0 bridgehead atoms. The maximum Gasteiger partial charge on any atom is 0.433 e. The van der Waals surface area contributed by atoms with E-state index in [4.69, 9.17) is 14.2 Å². The van der Waals surface area contributed by atoms with Crippen molar-refractivity contribution in [1.82, 2.24) is 14.6 Å². The zero-order chi connectivity index (χ0) is 30.6. The van der Waals surface area contributed by atoms with Gasteiger partial charge in [-0.05, 0) is 86.1 Å². The van der Waals surface area contributed by atoms with Gasteiger partial charge in [0.1, 0.15) is 18.2 Å². The van der Waals surface area contributed by atoms with Gasteiger partial charge in [-0.2, -0.15) is 18.3 Å². The highest BCUT2D eigenvalue weighted by Gasteiger charge is 2.35. The first-order valence-electron chi connectivity index (χ1n) is 13.3. The number of nitrogens with one attached hydrogen (secondary N) is 1. The average molecular weight is 595 g/mol. The molecule has 43 heavy (non-hydrogen) atoms. The number of amides is 1. The van der Waals surface area contributed by atoms with Crippen molar-refractivity contribution in [3.8, 4) is 28.5 Å². The Morgan fingerprint density at radius 3 is 2.23 bits per heavy atom. The zero-order valence-corrected chi connectivity index (χ0v) is 23.1. The number of carbonyl (C=O) groups excluding carboxylic acids is 1. The number of hydrogen-bond donors (Lipinski definition) is 1. The SMILES string of the molecule is CCOc1ccc(COc2ccc(NC(=O)c3cc4nc(-c5ccc(F)cc5)cc(C(F)(F)F)n4n3)cc2)cc1OCC. The Bertz CT molecular complexity index is 1740. The van der Waals surface area contributed by atoms with E-state index < -0.39 is 23.6 Å². The monoisotopic (exact) mass is 594 g/mol. The van der Waals surface area contributed by atoms with Crippen molar-refractivity contribution in [1.29, 1.82) is 0 Å². The number of ether oxygens (including phenoxy) is 3. The van der Waals surface area contributed by atoms with Gasteiger partial charge in [0.25, 0.3) is 5.91 Å². The molecule has 0 fully saturated rings. The van der Waals surface area contributed by atoms with Crippen LogP contribution in [0.5, 0.6) is 17.2 Å². The van der Waals surface area contributed by atoms with Gasteiger partial charge in [0.05, 0.1) is 18.9 Å². The minimum atomic E-state index is -4.79. The van der Waals surface area contributed by atoms with E-state index in [2.05, 4.69) is 15.4 Å². The second kappa shape index (κ2) is 12.4. The van der Waals surface area contributed by atoms with Crippen LogP contribution in [0.3, 0.4) is 0 Å². The number of alkyl halides is 3. The first-order chi connectivity index (χ1) is 20.6. The number of carbonyl (C=O) groups is 1. The molecule has 5 rings (SSSR count). The maximum atomic E-state index is 13.9. The molecule has 0 atom stereocenters.